The number of aliphatic hydroxyl groups is 1. The van der Waals surface area contributed by atoms with Crippen LogP contribution in [0.4, 0.5) is 5.69 Å². The molecule has 0 spiro atoms. The number of carbonyl (C=O) groups excluding carboxylic acids is 3. The van der Waals surface area contributed by atoms with E-state index in [4.69, 9.17) is 0 Å². The minimum Gasteiger partial charge on any atom is -0.372 e. The molecule has 3 rings (SSSR count). The van der Waals surface area contributed by atoms with Gasteiger partial charge in [0.15, 0.2) is 0 Å². The highest BCUT2D eigenvalue weighted by Gasteiger charge is 2.53. The first kappa shape index (κ1) is 16.4. The minimum atomic E-state index is -2.01. The number of hydrogen-bond donors (Lipinski definition) is 1. The van der Waals surface area contributed by atoms with Crippen LogP contribution in [-0.2, 0) is 14.4 Å². The molecule has 0 aromatic heterocycles. The molecule has 2 saturated heterocycles. The number of anilines is 1. The Bertz CT molecular complexity index is 655. The van der Waals surface area contributed by atoms with Crippen molar-refractivity contribution < 1.29 is 19.5 Å². The minimum absolute atomic E-state index is 0.0343. The van der Waals surface area contributed by atoms with Gasteiger partial charge >= 0.3 is 0 Å². The van der Waals surface area contributed by atoms with Gasteiger partial charge in [0.1, 0.15) is 0 Å². The van der Waals surface area contributed by atoms with E-state index in [0.29, 0.717) is 38.4 Å². The number of hydrogen-bond acceptors (Lipinski definition) is 4. The Morgan fingerprint density at radius 1 is 1.00 bits per heavy atom. The van der Waals surface area contributed by atoms with Crippen molar-refractivity contribution in [2.24, 2.45) is 0 Å². The first-order chi connectivity index (χ1) is 11.4. The van der Waals surface area contributed by atoms with Gasteiger partial charge in [0.25, 0.3) is 11.8 Å². The summed E-state index contributed by atoms with van der Waals surface area (Å²) in [6, 6.07) is 9.01. The summed E-state index contributed by atoms with van der Waals surface area (Å²) >= 11 is 0. The van der Waals surface area contributed by atoms with Gasteiger partial charge in [-0.2, -0.15) is 0 Å². The molecule has 7 nitrogen and oxygen atoms in total. The molecule has 0 bridgehead atoms. The molecule has 2 aliphatic heterocycles. The largest absolute Gasteiger partial charge is 0.372 e. The zero-order chi connectivity index (χ0) is 17.3. The molecule has 3 amide bonds. The quantitative estimate of drug-likeness (QED) is 0.764. The van der Waals surface area contributed by atoms with Gasteiger partial charge in [0.05, 0.1) is 0 Å². The van der Waals surface area contributed by atoms with Gasteiger partial charge in [0, 0.05) is 51.8 Å². The molecule has 0 unspecified atom stereocenters. The molecule has 2 fully saturated rings. The summed E-state index contributed by atoms with van der Waals surface area (Å²) < 4.78 is 0. The SMILES string of the molecule is CC(=O)N1CCN(C(=O)[C@@]2(O)CCN(c3ccccc3)C2=O)CC1. The first-order valence-electron chi connectivity index (χ1n) is 8.08. The Balaban J connectivity index is 1.71. The number of para-hydroxylation sites is 1. The number of benzene rings is 1. The number of carbonyl (C=O) groups is 3. The number of amides is 3. The third-order valence-electron chi connectivity index (χ3n) is 4.73. The Hall–Kier alpha value is -2.41. The molecule has 128 valence electrons. The van der Waals surface area contributed by atoms with E-state index in [1.165, 1.54) is 16.7 Å². The van der Waals surface area contributed by atoms with Crippen LogP contribution >= 0.6 is 0 Å². The Labute approximate surface area is 140 Å². The van der Waals surface area contributed by atoms with Crippen molar-refractivity contribution in [1.82, 2.24) is 9.80 Å². The van der Waals surface area contributed by atoms with Crippen LogP contribution in [0.15, 0.2) is 30.3 Å². The molecular weight excluding hydrogens is 310 g/mol. The van der Waals surface area contributed by atoms with Crippen molar-refractivity contribution in [3.8, 4) is 0 Å². The number of rotatable bonds is 2. The van der Waals surface area contributed by atoms with Crippen LogP contribution in [0.3, 0.4) is 0 Å². The van der Waals surface area contributed by atoms with E-state index < -0.39 is 17.4 Å². The number of nitrogens with zero attached hydrogens (tertiary/aromatic N) is 3. The third-order valence-corrected chi connectivity index (χ3v) is 4.73. The van der Waals surface area contributed by atoms with Crippen LogP contribution in [0.1, 0.15) is 13.3 Å². The van der Waals surface area contributed by atoms with Crippen LogP contribution < -0.4 is 4.90 Å². The van der Waals surface area contributed by atoms with Crippen molar-refractivity contribution in [3.63, 3.8) is 0 Å². The molecule has 0 saturated carbocycles. The average molecular weight is 331 g/mol. The second kappa shape index (κ2) is 6.24. The van der Waals surface area contributed by atoms with Gasteiger partial charge < -0.3 is 19.8 Å². The van der Waals surface area contributed by atoms with Crippen LogP contribution in [0.5, 0.6) is 0 Å². The summed E-state index contributed by atoms with van der Waals surface area (Å²) in [7, 11) is 0. The Kier molecular flexibility index (Phi) is 4.28. The highest BCUT2D eigenvalue weighted by atomic mass is 16.3. The topological polar surface area (TPSA) is 81.2 Å². The molecule has 7 heteroatoms. The Morgan fingerprint density at radius 3 is 2.17 bits per heavy atom. The lowest BCUT2D eigenvalue weighted by Gasteiger charge is -2.37. The normalized spacial score (nSPS) is 24.4. The highest BCUT2D eigenvalue weighted by molar-refractivity contribution is 6.16. The molecule has 1 N–H and O–H groups in total. The molecule has 1 aromatic carbocycles. The summed E-state index contributed by atoms with van der Waals surface area (Å²) in [5.41, 5.74) is -1.33. The van der Waals surface area contributed by atoms with Gasteiger partial charge in [-0.15, -0.1) is 0 Å². The molecule has 2 aliphatic rings. The van der Waals surface area contributed by atoms with Crippen LogP contribution in [-0.4, -0.2) is 71.0 Å². The maximum Gasteiger partial charge on any atom is 0.268 e. The van der Waals surface area contributed by atoms with E-state index >= 15 is 0 Å². The fourth-order valence-corrected chi connectivity index (χ4v) is 3.24. The summed E-state index contributed by atoms with van der Waals surface area (Å²) in [4.78, 5) is 41.3. The fourth-order valence-electron chi connectivity index (χ4n) is 3.24. The molecule has 24 heavy (non-hydrogen) atoms. The van der Waals surface area contributed by atoms with E-state index in [1.807, 2.05) is 18.2 Å². The maximum absolute atomic E-state index is 12.7. The van der Waals surface area contributed by atoms with Gasteiger partial charge in [-0.1, -0.05) is 18.2 Å². The zero-order valence-corrected chi connectivity index (χ0v) is 13.6. The summed E-state index contributed by atoms with van der Waals surface area (Å²) in [6.45, 7) is 3.31. The van der Waals surface area contributed by atoms with Gasteiger partial charge in [-0.3, -0.25) is 14.4 Å². The van der Waals surface area contributed by atoms with Gasteiger partial charge in [-0.05, 0) is 12.1 Å². The van der Waals surface area contributed by atoms with E-state index in [0.717, 1.165) is 0 Å². The van der Waals surface area contributed by atoms with Crippen LogP contribution in [0, 0.1) is 0 Å². The van der Waals surface area contributed by atoms with E-state index in [2.05, 4.69) is 0 Å². The van der Waals surface area contributed by atoms with Gasteiger partial charge in [0.2, 0.25) is 11.5 Å². The predicted octanol–water partition coefficient (Wildman–Crippen LogP) is -0.155. The second-order valence-electron chi connectivity index (χ2n) is 6.20. The van der Waals surface area contributed by atoms with Crippen LogP contribution in [0.2, 0.25) is 0 Å². The van der Waals surface area contributed by atoms with Crippen LogP contribution in [0.25, 0.3) is 0 Å². The van der Waals surface area contributed by atoms with E-state index in [1.54, 1.807) is 17.0 Å². The monoisotopic (exact) mass is 331 g/mol. The summed E-state index contributed by atoms with van der Waals surface area (Å²) in [5.74, 6) is -1.17. The highest BCUT2D eigenvalue weighted by Crippen LogP contribution is 2.30. The van der Waals surface area contributed by atoms with E-state index in [9.17, 15) is 19.5 Å². The summed E-state index contributed by atoms with van der Waals surface area (Å²) in [5, 5.41) is 10.7. The lowest BCUT2D eigenvalue weighted by Crippen LogP contribution is -2.59. The second-order valence-corrected chi connectivity index (χ2v) is 6.20. The molecule has 0 radical (unpaired) electrons. The van der Waals surface area contributed by atoms with Crippen molar-refractivity contribution in [1.29, 1.82) is 0 Å². The van der Waals surface area contributed by atoms with Gasteiger partial charge in [-0.25, -0.2) is 0 Å². The van der Waals surface area contributed by atoms with Crippen molar-refractivity contribution >= 4 is 23.4 Å². The smallest absolute Gasteiger partial charge is 0.268 e. The van der Waals surface area contributed by atoms with E-state index in [-0.39, 0.29) is 12.3 Å². The lowest BCUT2D eigenvalue weighted by molar-refractivity contribution is -0.159. The Morgan fingerprint density at radius 2 is 1.58 bits per heavy atom. The molecule has 1 aromatic rings. The molecule has 2 heterocycles. The zero-order valence-electron chi connectivity index (χ0n) is 13.6. The maximum atomic E-state index is 12.7. The standard InChI is InChI=1S/C17H21N3O4/c1-13(21)18-9-11-19(12-10-18)15(22)17(24)7-8-20(16(17)23)14-5-3-2-4-6-14/h2-6,24H,7-12H2,1H3/t17-/m0/s1. The fraction of sp³-hybridized carbons (Fsp3) is 0.471. The molecule has 1 atom stereocenters. The first-order valence-corrected chi connectivity index (χ1v) is 8.08. The summed E-state index contributed by atoms with van der Waals surface area (Å²) in [6.07, 6.45) is 0.0759. The van der Waals surface area contributed by atoms with Crippen molar-refractivity contribution in [2.45, 2.75) is 18.9 Å². The number of piperazine rings is 1. The molecular formula is C17H21N3O4. The average Bonchev–Trinajstić information content (AvgIpc) is 2.91. The molecule has 0 aliphatic carbocycles. The van der Waals surface area contributed by atoms with Crippen molar-refractivity contribution in [2.75, 3.05) is 37.6 Å². The van der Waals surface area contributed by atoms with Crippen molar-refractivity contribution in [3.05, 3.63) is 30.3 Å². The third kappa shape index (κ3) is 2.75. The lowest BCUT2D eigenvalue weighted by atomic mass is 10.00. The predicted molar refractivity (Wildman–Crippen MR) is 87.2 cm³/mol.